The van der Waals surface area contributed by atoms with Gasteiger partial charge in [0.05, 0.1) is 9.85 Å². The Morgan fingerprint density at radius 2 is 1.69 bits per heavy atom. The first-order valence-corrected chi connectivity index (χ1v) is 11.0. The van der Waals surface area contributed by atoms with E-state index in [4.69, 9.17) is 4.18 Å². The van der Waals surface area contributed by atoms with Gasteiger partial charge in [0, 0.05) is 23.9 Å². The molecular weight excluding hydrogens is 480 g/mol. The summed E-state index contributed by atoms with van der Waals surface area (Å²) in [7, 11) is -4.57. The van der Waals surface area contributed by atoms with Crippen LogP contribution in [0.5, 0.6) is 5.75 Å². The van der Waals surface area contributed by atoms with E-state index in [1.807, 2.05) is 0 Å². The van der Waals surface area contributed by atoms with Crippen LogP contribution in [0.15, 0.2) is 83.3 Å². The Morgan fingerprint density at radius 3 is 2.37 bits per heavy atom. The van der Waals surface area contributed by atoms with Crippen molar-refractivity contribution < 1.29 is 27.2 Å². The zero-order valence-corrected chi connectivity index (χ0v) is 18.3. The number of nitro groups is 2. The molecule has 12 nitrogen and oxygen atoms in total. The zero-order chi connectivity index (χ0) is 25.6. The Morgan fingerprint density at radius 1 is 0.971 bits per heavy atom. The van der Waals surface area contributed by atoms with E-state index < -0.39 is 36.5 Å². The van der Waals surface area contributed by atoms with Crippen LogP contribution in [0.25, 0.3) is 6.08 Å². The Hall–Kier alpha value is -5.09. The van der Waals surface area contributed by atoms with Gasteiger partial charge in [-0.25, -0.2) is 0 Å². The third-order valence-corrected chi connectivity index (χ3v) is 5.68. The number of amides is 1. The lowest BCUT2D eigenvalue weighted by Gasteiger charge is -2.08. The maximum absolute atomic E-state index is 12.6. The van der Waals surface area contributed by atoms with Crippen LogP contribution in [-0.4, -0.2) is 24.2 Å². The number of non-ortho nitro benzene ring substituents is 1. The van der Waals surface area contributed by atoms with E-state index in [9.17, 15) is 38.7 Å². The summed E-state index contributed by atoms with van der Waals surface area (Å²) in [6.45, 7) is 0. The molecular formula is C22H14N4O8S. The summed E-state index contributed by atoms with van der Waals surface area (Å²) in [5.74, 6) is -1.07. The van der Waals surface area contributed by atoms with E-state index in [0.717, 1.165) is 24.3 Å². The average Bonchev–Trinajstić information content (AvgIpc) is 2.82. The Balaban J connectivity index is 1.85. The molecule has 1 N–H and O–H groups in total. The Kier molecular flexibility index (Phi) is 7.18. The van der Waals surface area contributed by atoms with Crippen LogP contribution >= 0.6 is 0 Å². The molecule has 0 aliphatic carbocycles. The minimum absolute atomic E-state index is 0.0954. The van der Waals surface area contributed by atoms with Gasteiger partial charge in [0.15, 0.2) is 4.90 Å². The number of benzene rings is 3. The van der Waals surface area contributed by atoms with Gasteiger partial charge in [-0.1, -0.05) is 30.3 Å². The molecule has 0 bridgehead atoms. The monoisotopic (exact) mass is 494 g/mol. The molecule has 0 aromatic heterocycles. The minimum atomic E-state index is -4.57. The van der Waals surface area contributed by atoms with Crippen LogP contribution in [0.4, 0.5) is 17.1 Å². The highest BCUT2D eigenvalue weighted by Crippen LogP contribution is 2.27. The standard InChI is InChI=1S/C22H14N4O8S/c23-14-16(22(27)24-17-6-4-7-18(13-17)25(28)29)11-15-5-3-8-19(12-15)34-35(32,33)21-10-2-1-9-20(21)26(30)31/h1-13H,(H,24,27)/b16-11+. The van der Waals surface area contributed by atoms with Gasteiger partial charge in [-0.3, -0.25) is 25.0 Å². The highest BCUT2D eigenvalue weighted by atomic mass is 32.2. The van der Waals surface area contributed by atoms with E-state index >= 15 is 0 Å². The molecule has 0 atom stereocenters. The average molecular weight is 494 g/mol. The molecule has 1 amide bonds. The van der Waals surface area contributed by atoms with Crippen molar-refractivity contribution in [2.75, 3.05) is 5.32 Å². The summed E-state index contributed by atoms with van der Waals surface area (Å²) in [4.78, 5) is 32.4. The van der Waals surface area contributed by atoms with Crippen molar-refractivity contribution in [3.8, 4) is 11.8 Å². The number of nitrogens with one attached hydrogen (secondary N) is 1. The van der Waals surface area contributed by atoms with Crippen LogP contribution in [0, 0.1) is 31.6 Å². The number of anilines is 1. The van der Waals surface area contributed by atoms with Crippen LogP contribution in [-0.2, 0) is 14.9 Å². The summed E-state index contributed by atoms with van der Waals surface area (Å²) in [6.07, 6.45) is 1.15. The summed E-state index contributed by atoms with van der Waals surface area (Å²) in [5, 5.41) is 33.8. The molecule has 0 fully saturated rings. The second-order valence-electron chi connectivity index (χ2n) is 6.77. The van der Waals surface area contributed by atoms with Gasteiger partial charge in [0.25, 0.3) is 17.3 Å². The zero-order valence-electron chi connectivity index (χ0n) is 17.5. The number of carbonyl (C=O) groups excluding carboxylic acids is 1. The fraction of sp³-hybridized carbons (Fsp3) is 0. The van der Waals surface area contributed by atoms with Crippen molar-refractivity contribution >= 4 is 39.2 Å². The molecule has 0 spiro atoms. The second kappa shape index (κ2) is 10.2. The highest BCUT2D eigenvalue weighted by Gasteiger charge is 2.27. The summed E-state index contributed by atoms with van der Waals surface area (Å²) in [6, 6.07) is 16.8. The molecule has 3 aromatic rings. The van der Waals surface area contributed by atoms with Crippen LogP contribution in [0.2, 0.25) is 0 Å². The Bertz CT molecular complexity index is 1510. The summed E-state index contributed by atoms with van der Waals surface area (Å²) >= 11 is 0. The number of para-hydroxylation sites is 1. The fourth-order valence-corrected chi connectivity index (χ4v) is 3.95. The van der Waals surface area contributed by atoms with Gasteiger partial charge in [0.2, 0.25) is 0 Å². The maximum atomic E-state index is 12.6. The molecule has 13 heteroatoms. The Labute approximate surface area is 198 Å². The van der Waals surface area contributed by atoms with Gasteiger partial charge in [-0.05, 0) is 35.9 Å². The van der Waals surface area contributed by atoms with E-state index in [1.54, 1.807) is 6.07 Å². The lowest BCUT2D eigenvalue weighted by Crippen LogP contribution is -2.13. The number of carbonyl (C=O) groups is 1. The summed E-state index contributed by atoms with van der Waals surface area (Å²) < 4.78 is 30.2. The van der Waals surface area contributed by atoms with Gasteiger partial charge in [0.1, 0.15) is 17.4 Å². The van der Waals surface area contributed by atoms with Crippen molar-refractivity contribution in [1.29, 1.82) is 5.26 Å². The van der Waals surface area contributed by atoms with Crippen molar-refractivity contribution in [2.24, 2.45) is 0 Å². The molecule has 176 valence electrons. The van der Waals surface area contributed by atoms with Gasteiger partial charge < -0.3 is 9.50 Å². The van der Waals surface area contributed by atoms with Gasteiger partial charge >= 0.3 is 10.1 Å². The predicted molar refractivity (Wildman–Crippen MR) is 123 cm³/mol. The molecule has 0 unspecified atom stereocenters. The lowest BCUT2D eigenvalue weighted by molar-refractivity contribution is -0.387. The molecule has 0 heterocycles. The van der Waals surface area contributed by atoms with E-state index in [2.05, 4.69) is 5.32 Å². The third-order valence-electron chi connectivity index (χ3n) is 4.39. The van der Waals surface area contributed by atoms with Crippen molar-refractivity contribution in [3.63, 3.8) is 0 Å². The number of nitrogens with zero attached hydrogens (tertiary/aromatic N) is 3. The molecule has 0 radical (unpaired) electrons. The minimum Gasteiger partial charge on any atom is -0.379 e. The number of rotatable bonds is 8. The van der Waals surface area contributed by atoms with E-state index in [1.165, 1.54) is 54.6 Å². The normalized spacial score (nSPS) is 11.2. The number of hydrogen-bond donors (Lipinski definition) is 1. The SMILES string of the molecule is N#C/C(=C\c1cccc(OS(=O)(=O)c2ccccc2[N+](=O)[O-])c1)C(=O)Nc1cccc([N+](=O)[O-])c1. The number of hydrogen-bond acceptors (Lipinski definition) is 9. The molecule has 0 saturated heterocycles. The maximum Gasteiger partial charge on any atom is 0.346 e. The van der Waals surface area contributed by atoms with Crippen LogP contribution < -0.4 is 9.50 Å². The molecule has 35 heavy (non-hydrogen) atoms. The van der Waals surface area contributed by atoms with Crippen molar-refractivity contribution in [3.05, 3.63) is 104 Å². The molecule has 0 aliphatic rings. The molecule has 3 aromatic carbocycles. The summed E-state index contributed by atoms with van der Waals surface area (Å²) in [5.41, 5.74) is -0.984. The third kappa shape index (κ3) is 6.03. The van der Waals surface area contributed by atoms with Gasteiger partial charge in [-0.2, -0.15) is 13.7 Å². The van der Waals surface area contributed by atoms with Gasteiger partial charge in [-0.15, -0.1) is 0 Å². The number of nitro benzene ring substituents is 2. The molecule has 0 aliphatic heterocycles. The van der Waals surface area contributed by atoms with Crippen molar-refractivity contribution in [1.82, 2.24) is 0 Å². The van der Waals surface area contributed by atoms with Crippen LogP contribution in [0.1, 0.15) is 5.56 Å². The first kappa shape index (κ1) is 24.6. The first-order valence-electron chi connectivity index (χ1n) is 9.56. The van der Waals surface area contributed by atoms with Crippen molar-refractivity contribution in [2.45, 2.75) is 4.90 Å². The molecule has 3 rings (SSSR count). The van der Waals surface area contributed by atoms with E-state index in [-0.39, 0.29) is 28.3 Å². The van der Waals surface area contributed by atoms with Crippen LogP contribution in [0.3, 0.4) is 0 Å². The second-order valence-corrected chi connectivity index (χ2v) is 8.28. The lowest BCUT2D eigenvalue weighted by atomic mass is 10.1. The smallest absolute Gasteiger partial charge is 0.346 e. The largest absolute Gasteiger partial charge is 0.379 e. The topological polar surface area (TPSA) is 183 Å². The first-order chi connectivity index (χ1) is 16.6. The highest BCUT2D eigenvalue weighted by molar-refractivity contribution is 7.87. The fourth-order valence-electron chi connectivity index (χ4n) is 2.86. The number of nitriles is 1. The predicted octanol–water partition coefficient (Wildman–Crippen LogP) is 3.82. The quantitative estimate of drug-likeness (QED) is 0.160. The van der Waals surface area contributed by atoms with E-state index in [0.29, 0.717) is 0 Å². The molecule has 0 saturated carbocycles.